The third-order valence-electron chi connectivity index (χ3n) is 6.49. The maximum atomic E-state index is 6.08. The number of aromatic nitrogens is 2. The van der Waals surface area contributed by atoms with Gasteiger partial charge in [0.2, 0.25) is 0 Å². The molecule has 5 rings (SSSR count). The van der Waals surface area contributed by atoms with Crippen molar-refractivity contribution in [1.82, 2.24) is 14.5 Å². The van der Waals surface area contributed by atoms with Crippen molar-refractivity contribution >= 4 is 22.5 Å². The molecule has 2 aromatic heterocycles. The Morgan fingerprint density at radius 3 is 2.66 bits per heavy atom. The lowest BCUT2D eigenvalue weighted by Gasteiger charge is -2.30. The van der Waals surface area contributed by atoms with Crippen molar-refractivity contribution in [3.8, 4) is 28.0 Å². The van der Waals surface area contributed by atoms with E-state index in [0.29, 0.717) is 5.92 Å². The molecule has 1 atom stereocenters. The number of fused-ring (bicyclic) bond motifs is 1. The maximum absolute atomic E-state index is 6.08. The molecule has 0 amide bonds. The summed E-state index contributed by atoms with van der Waals surface area (Å²) >= 11 is 6.08. The molecule has 4 aromatic rings. The molecular weight excluding hydrogens is 418 g/mol. The van der Waals surface area contributed by atoms with E-state index in [9.17, 15) is 0 Å². The summed E-state index contributed by atoms with van der Waals surface area (Å²) in [5.74, 6) is 1.56. The van der Waals surface area contributed by atoms with E-state index in [1.807, 2.05) is 36.7 Å². The highest BCUT2D eigenvalue weighted by molar-refractivity contribution is 6.30. The Kier molecular flexibility index (Phi) is 5.90. The lowest BCUT2D eigenvalue weighted by Crippen LogP contribution is -2.33. The second kappa shape index (κ2) is 8.97. The van der Waals surface area contributed by atoms with Gasteiger partial charge in [0.25, 0.3) is 0 Å². The Morgan fingerprint density at radius 2 is 1.88 bits per heavy atom. The Bertz CT molecular complexity index is 1230. The summed E-state index contributed by atoms with van der Waals surface area (Å²) in [6.07, 6.45) is 8.67. The number of hydrogen-bond acceptors (Lipinski definition) is 3. The van der Waals surface area contributed by atoms with Crippen molar-refractivity contribution in [1.29, 1.82) is 0 Å². The number of hydrogen-bond donors (Lipinski definition) is 0. The first-order valence-electron chi connectivity index (χ1n) is 11.2. The molecule has 0 bridgehead atoms. The van der Waals surface area contributed by atoms with E-state index < -0.39 is 0 Å². The highest BCUT2D eigenvalue weighted by Gasteiger charge is 2.21. The van der Waals surface area contributed by atoms with Gasteiger partial charge >= 0.3 is 0 Å². The average molecular weight is 446 g/mol. The molecule has 2 aromatic carbocycles. The van der Waals surface area contributed by atoms with Crippen LogP contribution in [-0.4, -0.2) is 41.7 Å². The lowest BCUT2D eigenvalue weighted by molar-refractivity contribution is 0.195. The fraction of sp³-hybridized carbons (Fsp3) is 0.296. The molecule has 3 heterocycles. The highest BCUT2D eigenvalue weighted by atomic mass is 35.5. The van der Waals surface area contributed by atoms with Crippen molar-refractivity contribution in [3.63, 3.8) is 0 Å². The second-order valence-corrected chi connectivity index (χ2v) is 9.23. The quantitative estimate of drug-likeness (QED) is 0.357. The zero-order valence-corrected chi connectivity index (χ0v) is 19.3. The smallest absolute Gasteiger partial charge is 0.143 e. The maximum Gasteiger partial charge on any atom is 0.143 e. The van der Waals surface area contributed by atoms with Gasteiger partial charge in [-0.3, -0.25) is 4.98 Å². The summed E-state index contributed by atoms with van der Waals surface area (Å²) in [5.41, 5.74) is 5.64. The molecule has 0 aliphatic carbocycles. The van der Waals surface area contributed by atoms with Gasteiger partial charge in [-0.25, -0.2) is 0 Å². The van der Waals surface area contributed by atoms with Crippen LogP contribution in [0.1, 0.15) is 12.8 Å². The molecular formula is C27H28ClN3O. The largest absolute Gasteiger partial charge is 0.495 e. The van der Waals surface area contributed by atoms with Crippen molar-refractivity contribution in [2.75, 3.05) is 27.2 Å². The number of likely N-dealkylation sites (tertiary alicyclic amines) is 1. The molecule has 32 heavy (non-hydrogen) atoms. The van der Waals surface area contributed by atoms with Crippen LogP contribution >= 0.6 is 11.6 Å². The molecule has 1 saturated heterocycles. The van der Waals surface area contributed by atoms with Gasteiger partial charge in [0, 0.05) is 58.8 Å². The van der Waals surface area contributed by atoms with E-state index in [4.69, 9.17) is 16.3 Å². The number of ether oxygens (including phenoxy) is 1. The number of para-hydroxylation sites is 1. The van der Waals surface area contributed by atoms with Gasteiger partial charge in [0.05, 0.1) is 12.6 Å². The van der Waals surface area contributed by atoms with E-state index in [-0.39, 0.29) is 0 Å². The summed E-state index contributed by atoms with van der Waals surface area (Å²) in [6.45, 7) is 3.32. The minimum Gasteiger partial charge on any atom is -0.495 e. The zero-order valence-electron chi connectivity index (χ0n) is 18.6. The number of piperidine rings is 1. The molecule has 0 spiro atoms. The Hall–Kier alpha value is -2.82. The molecule has 1 unspecified atom stereocenters. The number of halogens is 1. The molecule has 1 aliphatic heterocycles. The Balaban J connectivity index is 1.59. The van der Waals surface area contributed by atoms with Crippen LogP contribution in [0.15, 0.2) is 67.1 Å². The first-order chi connectivity index (χ1) is 15.6. The molecule has 1 aliphatic rings. The van der Waals surface area contributed by atoms with E-state index >= 15 is 0 Å². The predicted octanol–water partition coefficient (Wildman–Crippen LogP) is 6.37. The van der Waals surface area contributed by atoms with Gasteiger partial charge in [-0.05, 0) is 62.2 Å². The zero-order chi connectivity index (χ0) is 22.1. The fourth-order valence-corrected chi connectivity index (χ4v) is 5.08. The van der Waals surface area contributed by atoms with Gasteiger partial charge in [0.15, 0.2) is 0 Å². The van der Waals surface area contributed by atoms with Crippen LogP contribution in [0.2, 0.25) is 5.02 Å². The summed E-state index contributed by atoms with van der Waals surface area (Å²) in [5, 5.41) is 1.94. The van der Waals surface area contributed by atoms with Gasteiger partial charge in [-0.1, -0.05) is 35.9 Å². The van der Waals surface area contributed by atoms with Crippen molar-refractivity contribution < 1.29 is 4.74 Å². The summed E-state index contributed by atoms with van der Waals surface area (Å²) < 4.78 is 8.16. The predicted molar refractivity (Wildman–Crippen MR) is 132 cm³/mol. The molecule has 5 heteroatoms. The molecule has 0 saturated carbocycles. The van der Waals surface area contributed by atoms with Crippen LogP contribution in [0.4, 0.5) is 0 Å². The van der Waals surface area contributed by atoms with E-state index in [0.717, 1.165) is 46.1 Å². The monoisotopic (exact) mass is 445 g/mol. The van der Waals surface area contributed by atoms with Crippen LogP contribution < -0.4 is 4.74 Å². The summed E-state index contributed by atoms with van der Waals surface area (Å²) in [7, 11) is 3.97. The van der Waals surface area contributed by atoms with Gasteiger partial charge in [-0.2, -0.15) is 0 Å². The topological polar surface area (TPSA) is 30.3 Å². The van der Waals surface area contributed by atoms with E-state index in [2.05, 4.69) is 52.0 Å². The van der Waals surface area contributed by atoms with Gasteiger partial charge in [-0.15, -0.1) is 0 Å². The fourth-order valence-electron chi connectivity index (χ4n) is 4.95. The molecule has 4 nitrogen and oxygen atoms in total. The van der Waals surface area contributed by atoms with Crippen LogP contribution in [-0.2, 0) is 6.54 Å². The minimum absolute atomic E-state index is 0.639. The Morgan fingerprint density at radius 1 is 1.06 bits per heavy atom. The first kappa shape index (κ1) is 21.0. The number of nitrogens with zero attached hydrogens (tertiary/aromatic N) is 3. The second-order valence-electron chi connectivity index (χ2n) is 8.79. The SMILES string of the molecule is COc1cccc2c(-c3cncc(-c4ccc(Cl)cc4)c3)cn(CC3CCCN(C)C3)c12. The van der Waals surface area contributed by atoms with E-state index in [1.54, 1.807) is 7.11 Å². The summed E-state index contributed by atoms with van der Waals surface area (Å²) in [4.78, 5) is 7.01. The number of benzene rings is 2. The Labute approximate surface area is 194 Å². The third-order valence-corrected chi connectivity index (χ3v) is 6.74. The lowest BCUT2D eigenvalue weighted by atomic mass is 9.98. The van der Waals surface area contributed by atoms with Crippen LogP contribution in [0.5, 0.6) is 5.75 Å². The van der Waals surface area contributed by atoms with E-state index in [1.165, 1.54) is 30.3 Å². The molecule has 164 valence electrons. The number of methoxy groups -OCH3 is 1. The summed E-state index contributed by atoms with van der Waals surface area (Å²) in [6, 6.07) is 16.4. The van der Waals surface area contributed by atoms with Crippen LogP contribution in [0.3, 0.4) is 0 Å². The first-order valence-corrected chi connectivity index (χ1v) is 11.6. The third kappa shape index (κ3) is 4.13. The van der Waals surface area contributed by atoms with Crippen LogP contribution in [0, 0.1) is 5.92 Å². The molecule has 0 radical (unpaired) electrons. The van der Waals surface area contributed by atoms with Crippen molar-refractivity contribution in [2.45, 2.75) is 19.4 Å². The minimum atomic E-state index is 0.639. The highest BCUT2D eigenvalue weighted by Crippen LogP contribution is 2.37. The number of rotatable bonds is 5. The van der Waals surface area contributed by atoms with Crippen molar-refractivity contribution in [3.05, 3.63) is 72.1 Å². The average Bonchev–Trinajstić information content (AvgIpc) is 3.18. The normalized spacial score (nSPS) is 17.0. The van der Waals surface area contributed by atoms with Crippen molar-refractivity contribution in [2.24, 2.45) is 5.92 Å². The number of pyridine rings is 1. The van der Waals surface area contributed by atoms with Gasteiger partial charge < -0.3 is 14.2 Å². The van der Waals surface area contributed by atoms with Gasteiger partial charge in [0.1, 0.15) is 5.75 Å². The molecule has 0 N–H and O–H groups in total. The molecule has 1 fully saturated rings. The van der Waals surface area contributed by atoms with Crippen LogP contribution in [0.25, 0.3) is 33.2 Å². The standard InChI is InChI=1S/C27H28ClN3O/c1-30-12-4-5-19(16-30)17-31-18-25(24-6-3-7-26(32-2)27(24)31)22-13-21(14-29-15-22)20-8-10-23(28)11-9-20/h3,6-11,13-15,18-19H,4-5,12,16-17H2,1-2H3.